The number of nitrogens with zero attached hydrogens (tertiary/aromatic N) is 3. The molecule has 1 spiro atoms. The number of nitrogen functional groups attached to an aromatic ring is 1. The lowest BCUT2D eigenvalue weighted by Crippen LogP contribution is -2.50. The molecule has 2 fully saturated rings. The van der Waals surface area contributed by atoms with Crippen molar-refractivity contribution in [3.05, 3.63) is 23.9 Å². The Kier molecular flexibility index (Phi) is 4.31. The number of likely N-dealkylation sites (tertiary alicyclic amines) is 2. The molecule has 0 unspecified atom stereocenters. The quantitative estimate of drug-likeness (QED) is 0.845. The van der Waals surface area contributed by atoms with Crippen LogP contribution in [0.15, 0.2) is 18.3 Å². The van der Waals surface area contributed by atoms with Crippen molar-refractivity contribution in [2.24, 2.45) is 5.41 Å². The summed E-state index contributed by atoms with van der Waals surface area (Å²) in [6.07, 6.45) is 4.57. The smallest absolute Gasteiger partial charge is 0.230 e. The highest BCUT2D eigenvalue weighted by Crippen LogP contribution is 2.40. The Morgan fingerprint density at radius 2 is 2.23 bits per heavy atom. The van der Waals surface area contributed by atoms with E-state index in [1.807, 2.05) is 17.0 Å². The highest BCUT2D eigenvalue weighted by Gasteiger charge is 2.48. The third kappa shape index (κ3) is 2.80. The standard InChI is InChI=1S/C16H24N4O2/c17-14-13(3-1-6-18-14)11-19-8-5-16(12-19)4-2-7-20(9-10-21)15(16)22/h1,3,6,21H,2,4-5,7-12H2,(H2,17,18)/t16-/m1/s1. The van der Waals surface area contributed by atoms with Gasteiger partial charge in [0, 0.05) is 37.9 Å². The summed E-state index contributed by atoms with van der Waals surface area (Å²) in [4.78, 5) is 21.0. The number of hydrogen-bond donors (Lipinski definition) is 2. The zero-order chi connectivity index (χ0) is 15.6. The average Bonchev–Trinajstić information content (AvgIpc) is 2.91. The molecule has 1 atom stereocenters. The Labute approximate surface area is 130 Å². The molecule has 2 aliphatic heterocycles. The van der Waals surface area contributed by atoms with Gasteiger partial charge in [0.1, 0.15) is 5.82 Å². The van der Waals surface area contributed by atoms with Crippen LogP contribution in [0.3, 0.4) is 0 Å². The van der Waals surface area contributed by atoms with Gasteiger partial charge in [0.25, 0.3) is 0 Å². The van der Waals surface area contributed by atoms with Crippen LogP contribution in [-0.4, -0.2) is 58.6 Å². The summed E-state index contributed by atoms with van der Waals surface area (Å²) in [7, 11) is 0. The van der Waals surface area contributed by atoms with E-state index in [1.54, 1.807) is 6.20 Å². The molecule has 1 aromatic rings. The molecule has 6 nitrogen and oxygen atoms in total. The molecule has 22 heavy (non-hydrogen) atoms. The summed E-state index contributed by atoms with van der Waals surface area (Å²) in [5, 5.41) is 9.12. The fraction of sp³-hybridized carbons (Fsp3) is 0.625. The summed E-state index contributed by atoms with van der Waals surface area (Å²) in [5.74, 6) is 0.787. The van der Waals surface area contributed by atoms with Gasteiger partial charge < -0.3 is 15.7 Å². The highest BCUT2D eigenvalue weighted by atomic mass is 16.3. The van der Waals surface area contributed by atoms with Crippen LogP contribution < -0.4 is 5.73 Å². The number of aromatic nitrogens is 1. The van der Waals surface area contributed by atoms with Crippen molar-refractivity contribution < 1.29 is 9.90 Å². The molecule has 0 radical (unpaired) electrons. The number of aliphatic hydroxyl groups is 1. The van der Waals surface area contributed by atoms with Crippen molar-refractivity contribution in [3.63, 3.8) is 0 Å². The van der Waals surface area contributed by atoms with E-state index in [2.05, 4.69) is 9.88 Å². The Bertz CT molecular complexity index is 549. The second-order valence-electron chi connectivity index (χ2n) is 6.41. The fourth-order valence-electron chi connectivity index (χ4n) is 3.78. The lowest BCUT2D eigenvalue weighted by Gasteiger charge is -2.39. The van der Waals surface area contributed by atoms with Crippen LogP contribution in [0.25, 0.3) is 0 Å². The molecule has 3 rings (SSSR count). The Morgan fingerprint density at radius 3 is 3.00 bits per heavy atom. The van der Waals surface area contributed by atoms with Gasteiger partial charge in [-0.05, 0) is 31.9 Å². The summed E-state index contributed by atoms with van der Waals surface area (Å²) in [6, 6.07) is 3.89. The van der Waals surface area contributed by atoms with Gasteiger partial charge in [-0.15, -0.1) is 0 Å². The number of amides is 1. The second-order valence-corrected chi connectivity index (χ2v) is 6.41. The van der Waals surface area contributed by atoms with Crippen LogP contribution in [0, 0.1) is 5.41 Å². The molecule has 0 bridgehead atoms. The third-order valence-electron chi connectivity index (χ3n) is 4.95. The van der Waals surface area contributed by atoms with E-state index in [9.17, 15) is 4.79 Å². The number of piperidine rings is 1. The minimum Gasteiger partial charge on any atom is -0.395 e. The van der Waals surface area contributed by atoms with Gasteiger partial charge in [-0.1, -0.05) is 6.07 Å². The molecule has 2 aliphatic rings. The van der Waals surface area contributed by atoms with Gasteiger partial charge in [-0.25, -0.2) is 4.98 Å². The number of nitrogens with two attached hydrogens (primary N) is 1. The van der Waals surface area contributed by atoms with Crippen molar-refractivity contribution >= 4 is 11.7 Å². The Morgan fingerprint density at radius 1 is 1.36 bits per heavy atom. The van der Waals surface area contributed by atoms with Gasteiger partial charge >= 0.3 is 0 Å². The maximum Gasteiger partial charge on any atom is 0.230 e. The summed E-state index contributed by atoms with van der Waals surface area (Å²) >= 11 is 0. The van der Waals surface area contributed by atoms with E-state index >= 15 is 0 Å². The topological polar surface area (TPSA) is 82.7 Å². The van der Waals surface area contributed by atoms with Crippen LogP contribution in [-0.2, 0) is 11.3 Å². The number of β-amino-alcohol motifs (C(OH)–C–C–N with tert-alkyl or cyclic N) is 1. The lowest BCUT2D eigenvalue weighted by atomic mass is 9.78. The molecule has 3 N–H and O–H groups in total. The maximum atomic E-state index is 12.8. The monoisotopic (exact) mass is 304 g/mol. The van der Waals surface area contributed by atoms with Crippen molar-refractivity contribution in [2.75, 3.05) is 38.5 Å². The van der Waals surface area contributed by atoms with Crippen molar-refractivity contribution in [2.45, 2.75) is 25.8 Å². The minimum absolute atomic E-state index is 0.0394. The van der Waals surface area contributed by atoms with Gasteiger partial charge in [0.2, 0.25) is 5.91 Å². The molecule has 0 saturated carbocycles. The first kappa shape index (κ1) is 15.2. The molecule has 0 aliphatic carbocycles. The van der Waals surface area contributed by atoms with Crippen LogP contribution >= 0.6 is 0 Å². The van der Waals surface area contributed by atoms with E-state index in [1.165, 1.54) is 0 Å². The molecule has 1 aromatic heterocycles. The normalized spacial score (nSPS) is 26.0. The van der Waals surface area contributed by atoms with Crippen molar-refractivity contribution in [3.8, 4) is 0 Å². The Balaban J connectivity index is 1.68. The van der Waals surface area contributed by atoms with Crippen molar-refractivity contribution in [1.82, 2.24) is 14.8 Å². The molecular weight excluding hydrogens is 280 g/mol. The van der Waals surface area contributed by atoms with Crippen molar-refractivity contribution in [1.29, 1.82) is 0 Å². The van der Waals surface area contributed by atoms with Crippen LogP contribution in [0.2, 0.25) is 0 Å². The molecule has 0 aromatic carbocycles. The van der Waals surface area contributed by atoms with E-state index in [0.717, 1.165) is 51.0 Å². The zero-order valence-electron chi connectivity index (χ0n) is 12.9. The van der Waals surface area contributed by atoms with E-state index in [0.29, 0.717) is 12.4 Å². The molecule has 120 valence electrons. The van der Waals surface area contributed by atoms with Gasteiger partial charge in [-0.2, -0.15) is 0 Å². The largest absolute Gasteiger partial charge is 0.395 e. The third-order valence-corrected chi connectivity index (χ3v) is 4.95. The number of rotatable bonds is 4. The molecule has 6 heteroatoms. The number of pyridine rings is 1. The molecule has 2 saturated heterocycles. The predicted octanol–water partition coefficient (Wildman–Crippen LogP) is 0.471. The number of anilines is 1. The summed E-state index contributed by atoms with van der Waals surface area (Å²) in [5.41, 5.74) is 6.68. The zero-order valence-corrected chi connectivity index (χ0v) is 12.9. The fourth-order valence-corrected chi connectivity index (χ4v) is 3.78. The number of hydrogen-bond acceptors (Lipinski definition) is 5. The summed E-state index contributed by atoms with van der Waals surface area (Å²) < 4.78 is 0. The average molecular weight is 304 g/mol. The highest BCUT2D eigenvalue weighted by molar-refractivity contribution is 5.84. The van der Waals surface area contributed by atoms with Crippen LogP contribution in [0.4, 0.5) is 5.82 Å². The minimum atomic E-state index is -0.260. The van der Waals surface area contributed by atoms with E-state index < -0.39 is 0 Å². The number of aliphatic hydroxyl groups excluding tert-OH is 1. The lowest BCUT2D eigenvalue weighted by molar-refractivity contribution is -0.146. The number of carbonyl (C=O) groups excluding carboxylic acids is 1. The maximum absolute atomic E-state index is 12.8. The molecular formula is C16H24N4O2. The Hall–Kier alpha value is -1.66. The first-order valence-corrected chi connectivity index (χ1v) is 7.97. The number of carbonyl (C=O) groups is 1. The molecule has 3 heterocycles. The predicted molar refractivity (Wildman–Crippen MR) is 83.9 cm³/mol. The molecule has 1 amide bonds. The first-order chi connectivity index (χ1) is 10.6. The van der Waals surface area contributed by atoms with Crippen LogP contribution in [0.5, 0.6) is 0 Å². The SMILES string of the molecule is Nc1ncccc1CN1CC[C@]2(CCCN(CCO)C2=O)C1. The van der Waals surface area contributed by atoms with Gasteiger partial charge in [0.15, 0.2) is 0 Å². The van der Waals surface area contributed by atoms with Gasteiger partial charge in [-0.3, -0.25) is 9.69 Å². The van der Waals surface area contributed by atoms with Crippen LogP contribution in [0.1, 0.15) is 24.8 Å². The first-order valence-electron chi connectivity index (χ1n) is 7.97. The van der Waals surface area contributed by atoms with E-state index in [4.69, 9.17) is 10.8 Å². The second kappa shape index (κ2) is 6.22. The summed E-state index contributed by atoms with van der Waals surface area (Å²) in [6.45, 7) is 3.70. The van der Waals surface area contributed by atoms with E-state index in [-0.39, 0.29) is 17.9 Å². The van der Waals surface area contributed by atoms with Gasteiger partial charge in [0.05, 0.1) is 12.0 Å².